The predicted octanol–water partition coefficient (Wildman–Crippen LogP) is 2.73. The van der Waals surface area contributed by atoms with Crippen LogP contribution in [0.3, 0.4) is 0 Å². The molecule has 1 aromatic heterocycles. The van der Waals surface area contributed by atoms with Crippen molar-refractivity contribution in [2.24, 2.45) is 0 Å². The molecule has 1 heterocycles. The van der Waals surface area contributed by atoms with Crippen molar-refractivity contribution in [1.29, 1.82) is 5.26 Å². The molecule has 102 valence electrons. The van der Waals surface area contributed by atoms with Gasteiger partial charge in [-0.3, -0.25) is 4.79 Å². The van der Waals surface area contributed by atoms with Crippen molar-refractivity contribution in [1.82, 2.24) is 5.32 Å². The van der Waals surface area contributed by atoms with Gasteiger partial charge in [0.1, 0.15) is 11.6 Å². The number of carbonyl (C=O) groups excluding carboxylic acids is 1. The maximum absolute atomic E-state index is 13.6. The summed E-state index contributed by atoms with van der Waals surface area (Å²) in [7, 11) is 0. The Hall–Kier alpha value is -2.61. The van der Waals surface area contributed by atoms with Crippen LogP contribution in [0.15, 0.2) is 47.1 Å². The third-order valence-electron chi connectivity index (χ3n) is 2.87. The van der Waals surface area contributed by atoms with E-state index in [9.17, 15) is 9.18 Å². The monoisotopic (exact) mass is 272 g/mol. The van der Waals surface area contributed by atoms with Gasteiger partial charge in [-0.15, -0.1) is 0 Å². The first-order chi connectivity index (χ1) is 9.70. The van der Waals surface area contributed by atoms with Crippen LogP contribution in [0, 0.1) is 17.1 Å². The molecule has 0 bridgehead atoms. The summed E-state index contributed by atoms with van der Waals surface area (Å²) in [4.78, 5) is 11.8. The fourth-order valence-electron chi connectivity index (χ4n) is 1.84. The van der Waals surface area contributed by atoms with Gasteiger partial charge in [-0.1, -0.05) is 18.2 Å². The quantitative estimate of drug-likeness (QED) is 0.910. The van der Waals surface area contributed by atoms with E-state index in [0.717, 1.165) is 0 Å². The van der Waals surface area contributed by atoms with E-state index in [4.69, 9.17) is 9.68 Å². The molecule has 20 heavy (non-hydrogen) atoms. The molecule has 0 radical (unpaired) electrons. The average molecular weight is 272 g/mol. The molecule has 1 unspecified atom stereocenters. The molecule has 0 saturated heterocycles. The first-order valence-corrected chi connectivity index (χ1v) is 6.14. The zero-order chi connectivity index (χ0) is 14.4. The molecule has 0 spiro atoms. The minimum atomic E-state index is -0.798. The normalized spacial score (nSPS) is 11.6. The van der Waals surface area contributed by atoms with E-state index in [1.165, 1.54) is 18.4 Å². The van der Waals surface area contributed by atoms with E-state index < -0.39 is 11.7 Å². The Bertz CT molecular complexity index is 617. The highest BCUT2D eigenvalue weighted by atomic mass is 19.1. The van der Waals surface area contributed by atoms with Crippen molar-refractivity contribution in [2.75, 3.05) is 0 Å². The van der Waals surface area contributed by atoms with Gasteiger partial charge in [0.05, 0.1) is 24.8 Å². The lowest BCUT2D eigenvalue weighted by Crippen LogP contribution is -2.24. The lowest BCUT2D eigenvalue weighted by molar-refractivity contribution is -0.121. The van der Waals surface area contributed by atoms with Crippen LogP contribution in [0.5, 0.6) is 0 Å². The molecule has 1 N–H and O–H groups in total. The average Bonchev–Trinajstić information content (AvgIpc) is 2.97. The third kappa shape index (κ3) is 3.45. The Morgan fingerprint density at radius 1 is 1.35 bits per heavy atom. The number of hydrogen-bond acceptors (Lipinski definition) is 3. The van der Waals surface area contributed by atoms with Crippen LogP contribution in [-0.2, 0) is 11.3 Å². The highest BCUT2D eigenvalue weighted by Gasteiger charge is 2.18. The molecule has 0 aliphatic rings. The van der Waals surface area contributed by atoms with E-state index in [2.05, 4.69) is 5.32 Å². The van der Waals surface area contributed by atoms with Gasteiger partial charge in [0, 0.05) is 12.0 Å². The maximum atomic E-state index is 13.6. The predicted molar refractivity (Wildman–Crippen MR) is 69.9 cm³/mol. The van der Waals surface area contributed by atoms with Gasteiger partial charge in [-0.25, -0.2) is 4.39 Å². The van der Waals surface area contributed by atoms with Crippen LogP contribution in [0.4, 0.5) is 4.39 Å². The summed E-state index contributed by atoms with van der Waals surface area (Å²) in [6.45, 7) is 0.251. The minimum absolute atomic E-state index is 0.0852. The Morgan fingerprint density at radius 2 is 2.15 bits per heavy atom. The standard InChI is InChI=1S/C15H13FN2O2/c16-14-6-2-1-5-13(14)11(9-17)8-15(19)18-10-12-4-3-7-20-12/h1-7,11H,8,10H2,(H,18,19). The summed E-state index contributed by atoms with van der Waals surface area (Å²) in [6.07, 6.45) is 1.43. The molecule has 0 aliphatic heterocycles. The number of carbonyl (C=O) groups is 1. The van der Waals surface area contributed by atoms with Crippen LogP contribution < -0.4 is 5.32 Å². The van der Waals surface area contributed by atoms with Gasteiger partial charge in [0.25, 0.3) is 0 Å². The van der Waals surface area contributed by atoms with Crippen LogP contribution in [0.1, 0.15) is 23.7 Å². The van der Waals surface area contributed by atoms with Gasteiger partial charge in [-0.2, -0.15) is 5.26 Å². The number of furan rings is 1. The number of halogens is 1. The van der Waals surface area contributed by atoms with Crippen molar-refractivity contribution >= 4 is 5.91 Å². The summed E-state index contributed by atoms with van der Waals surface area (Å²) >= 11 is 0. The summed E-state index contributed by atoms with van der Waals surface area (Å²) in [6, 6.07) is 11.4. The Labute approximate surface area is 115 Å². The molecular weight excluding hydrogens is 259 g/mol. The number of nitrogens with zero attached hydrogens (tertiary/aromatic N) is 1. The van der Waals surface area contributed by atoms with Crippen LogP contribution in [0.2, 0.25) is 0 Å². The van der Waals surface area contributed by atoms with Gasteiger partial charge in [0.15, 0.2) is 0 Å². The maximum Gasteiger partial charge on any atom is 0.222 e. The van der Waals surface area contributed by atoms with E-state index in [1.807, 2.05) is 6.07 Å². The van der Waals surface area contributed by atoms with Crippen molar-refractivity contribution in [2.45, 2.75) is 18.9 Å². The van der Waals surface area contributed by atoms with Crippen LogP contribution in [0.25, 0.3) is 0 Å². The number of nitrogens with one attached hydrogen (secondary N) is 1. The van der Waals surface area contributed by atoms with E-state index in [0.29, 0.717) is 5.76 Å². The van der Waals surface area contributed by atoms with Crippen LogP contribution >= 0.6 is 0 Å². The Balaban J connectivity index is 1.95. The molecule has 5 heteroatoms. The molecule has 0 fully saturated rings. The van der Waals surface area contributed by atoms with E-state index >= 15 is 0 Å². The lowest BCUT2D eigenvalue weighted by Gasteiger charge is -2.10. The molecule has 1 amide bonds. The number of hydrogen-bond donors (Lipinski definition) is 1. The second-order valence-electron chi connectivity index (χ2n) is 4.26. The molecule has 0 aliphatic carbocycles. The molecule has 4 nitrogen and oxygen atoms in total. The molecule has 1 aromatic carbocycles. The zero-order valence-corrected chi connectivity index (χ0v) is 10.7. The van der Waals surface area contributed by atoms with Gasteiger partial charge in [0.2, 0.25) is 5.91 Å². The molecule has 2 aromatic rings. The summed E-state index contributed by atoms with van der Waals surface area (Å²) in [5, 5.41) is 11.7. The minimum Gasteiger partial charge on any atom is -0.467 e. The molecular formula is C15H13FN2O2. The third-order valence-corrected chi connectivity index (χ3v) is 2.87. The highest BCUT2D eigenvalue weighted by Crippen LogP contribution is 2.21. The van der Waals surface area contributed by atoms with Crippen molar-refractivity contribution in [3.05, 3.63) is 59.8 Å². The van der Waals surface area contributed by atoms with Crippen molar-refractivity contribution in [3.63, 3.8) is 0 Å². The number of amides is 1. The Kier molecular flexibility index (Phi) is 4.51. The van der Waals surface area contributed by atoms with Crippen LogP contribution in [-0.4, -0.2) is 5.91 Å². The van der Waals surface area contributed by atoms with Gasteiger partial charge >= 0.3 is 0 Å². The molecule has 2 rings (SSSR count). The Morgan fingerprint density at radius 3 is 2.80 bits per heavy atom. The number of benzene rings is 1. The second-order valence-corrected chi connectivity index (χ2v) is 4.26. The fraction of sp³-hybridized carbons (Fsp3) is 0.200. The highest BCUT2D eigenvalue weighted by molar-refractivity contribution is 5.77. The van der Waals surface area contributed by atoms with E-state index in [-0.39, 0.29) is 24.4 Å². The second kappa shape index (κ2) is 6.53. The first-order valence-electron chi connectivity index (χ1n) is 6.14. The summed E-state index contributed by atoms with van der Waals surface area (Å²) < 4.78 is 18.7. The first kappa shape index (κ1) is 13.8. The fourth-order valence-corrected chi connectivity index (χ4v) is 1.84. The number of rotatable bonds is 5. The van der Waals surface area contributed by atoms with Crippen molar-refractivity contribution in [3.8, 4) is 6.07 Å². The van der Waals surface area contributed by atoms with E-state index in [1.54, 1.807) is 24.3 Å². The smallest absolute Gasteiger partial charge is 0.222 e. The zero-order valence-electron chi connectivity index (χ0n) is 10.7. The molecule has 1 atom stereocenters. The largest absolute Gasteiger partial charge is 0.467 e. The SMILES string of the molecule is N#CC(CC(=O)NCc1ccco1)c1ccccc1F. The summed E-state index contributed by atoms with van der Waals surface area (Å²) in [5.41, 5.74) is 0.239. The number of nitriles is 1. The summed E-state index contributed by atoms with van der Waals surface area (Å²) in [5.74, 6) is -0.973. The lowest BCUT2D eigenvalue weighted by atomic mass is 9.96. The topological polar surface area (TPSA) is 66.0 Å². The van der Waals surface area contributed by atoms with Gasteiger partial charge < -0.3 is 9.73 Å². The van der Waals surface area contributed by atoms with Gasteiger partial charge in [-0.05, 0) is 18.2 Å². The molecule has 0 saturated carbocycles. The van der Waals surface area contributed by atoms with Crippen molar-refractivity contribution < 1.29 is 13.6 Å².